The van der Waals surface area contributed by atoms with Crippen molar-refractivity contribution >= 4 is 12.4 Å². The number of halogens is 1. The molecule has 3 rings (SSSR count). The fourth-order valence-corrected chi connectivity index (χ4v) is 3.03. The van der Waals surface area contributed by atoms with Gasteiger partial charge in [0.2, 0.25) is 0 Å². The Balaban J connectivity index is 0.00000300. The minimum absolute atomic E-state index is 0. The Morgan fingerprint density at radius 2 is 1.48 bits per heavy atom. The van der Waals surface area contributed by atoms with Crippen LogP contribution in [0.4, 0.5) is 0 Å². The summed E-state index contributed by atoms with van der Waals surface area (Å²) in [4.78, 5) is 0. The fourth-order valence-electron chi connectivity index (χ4n) is 3.03. The number of rotatable bonds is 10. The zero-order chi connectivity index (χ0) is 19.6. The van der Waals surface area contributed by atoms with Crippen molar-refractivity contribution in [3.8, 4) is 28.4 Å². The number of hydrogen-bond acceptors (Lipinski definition) is 4. The van der Waals surface area contributed by atoms with Crippen molar-refractivity contribution in [2.75, 3.05) is 33.9 Å². The van der Waals surface area contributed by atoms with Gasteiger partial charge in [0.1, 0.15) is 12.4 Å². The van der Waals surface area contributed by atoms with E-state index in [1.807, 2.05) is 42.5 Å². The minimum atomic E-state index is 0. The van der Waals surface area contributed by atoms with Gasteiger partial charge in [-0.1, -0.05) is 48.5 Å². The summed E-state index contributed by atoms with van der Waals surface area (Å²) in [5.41, 5.74) is 3.57. The third kappa shape index (κ3) is 6.70. The van der Waals surface area contributed by atoms with E-state index in [2.05, 4.69) is 35.6 Å². The Morgan fingerprint density at radius 3 is 2.24 bits per heavy atom. The Labute approximate surface area is 179 Å². The first-order valence-electron chi connectivity index (χ1n) is 9.50. The monoisotopic (exact) mass is 413 g/mol. The molecule has 0 spiro atoms. The molecule has 0 aliphatic rings. The summed E-state index contributed by atoms with van der Waals surface area (Å²) in [5.74, 6) is 2.41. The summed E-state index contributed by atoms with van der Waals surface area (Å²) in [5, 5.41) is 3.42. The molecule has 4 nitrogen and oxygen atoms in total. The van der Waals surface area contributed by atoms with Gasteiger partial charge in [0, 0.05) is 6.54 Å². The molecule has 29 heavy (non-hydrogen) atoms. The molecule has 0 radical (unpaired) electrons. The molecule has 0 bridgehead atoms. The number of methoxy groups -OCH3 is 2. The van der Waals surface area contributed by atoms with Gasteiger partial charge < -0.3 is 19.5 Å². The highest BCUT2D eigenvalue weighted by Crippen LogP contribution is 2.27. The van der Waals surface area contributed by atoms with Gasteiger partial charge in [-0.15, -0.1) is 12.4 Å². The van der Waals surface area contributed by atoms with Crippen molar-refractivity contribution in [1.29, 1.82) is 0 Å². The molecule has 0 unspecified atom stereocenters. The summed E-state index contributed by atoms with van der Waals surface area (Å²) in [6, 6.07) is 24.6. The Kier molecular flexibility index (Phi) is 9.35. The standard InChI is InChI=1S/C24H27NO3.ClH/c1-26-23-12-11-19(17-24(23)27-2)13-14-25-15-16-28-22-10-6-9-21(18-22)20-7-4-3-5-8-20;/h3-12,17-18,25H,13-16H2,1-2H3;1H. The SMILES string of the molecule is COc1ccc(CCNCCOc2cccc(-c3ccccc3)c2)cc1OC.Cl. The van der Waals surface area contributed by atoms with Crippen LogP contribution in [-0.2, 0) is 6.42 Å². The summed E-state index contributed by atoms with van der Waals surface area (Å²) in [6.07, 6.45) is 0.920. The third-order valence-corrected chi connectivity index (χ3v) is 4.53. The van der Waals surface area contributed by atoms with Crippen LogP contribution < -0.4 is 19.5 Å². The van der Waals surface area contributed by atoms with Gasteiger partial charge >= 0.3 is 0 Å². The molecule has 0 heterocycles. The van der Waals surface area contributed by atoms with Gasteiger partial charge in [0.05, 0.1) is 14.2 Å². The van der Waals surface area contributed by atoms with Crippen molar-refractivity contribution in [1.82, 2.24) is 5.32 Å². The zero-order valence-electron chi connectivity index (χ0n) is 16.9. The van der Waals surface area contributed by atoms with Crippen LogP contribution in [0.1, 0.15) is 5.56 Å². The maximum absolute atomic E-state index is 5.89. The second-order valence-electron chi connectivity index (χ2n) is 6.43. The summed E-state index contributed by atoms with van der Waals surface area (Å²) in [7, 11) is 3.30. The first-order chi connectivity index (χ1) is 13.8. The molecule has 5 heteroatoms. The highest BCUT2D eigenvalue weighted by atomic mass is 35.5. The third-order valence-electron chi connectivity index (χ3n) is 4.53. The molecule has 0 aromatic heterocycles. The molecule has 0 fully saturated rings. The van der Waals surface area contributed by atoms with Crippen LogP contribution in [0.2, 0.25) is 0 Å². The minimum Gasteiger partial charge on any atom is -0.493 e. The van der Waals surface area contributed by atoms with E-state index in [1.165, 1.54) is 16.7 Å². The van der Waals surface area contributed by atoms with Crippen LogP contribution in [0.5, 0.6) is 17.2 Å². The molecular formula is C24H28ClNO3. The molecule has 0 saturated heterocycles. The Bertz CT molecular complexity index is 871. The van der Waals surface area contributed by atoms with Crippen LogP contribution in [-0.4, -0.2) is 33.9 Å². The smallest absolute Gasteiger partial charge is 0.160 e. The highest BCUT2D eigenvalue weighted by Gasteiger charge is 2.04. The lowest BCUT2D eigenvalue weighted by Gasteiger charge is -2.11. The lowest BCUT2D eigenvalue weighted by molar-refractivity contribution is 0.314. The van der Waals surface area contributed by atoms with E-state index in [9.17, 15) is 0 Å². The van der Waals surface area contributed by atoms with E-state index in [-0.39, 0.29) is 12.4 Å². The molecule has 0 amide bonds. The van der Waals surface area contributed by atoms with Crippen molar-refractivity contribution in [2.45, 2.75) is 6.42 Å². The molecule has 3 aromatic carbocycles. The van der Waals surface area contributed by atoms with Crippen LogP contribution in [0.3, 0.4) is 0 Å². The van der Waals surface area contributed by atoms with E-state index in [1.54, 1.807) is 14.2 Å². The van der Waals surface area contributed by atoms with Crippen molar-refractivity contribution in [2.24, 2.45) is 0 Å². The van der Waals surface area contributed by atoms with E-state index in [4.69, 9.17) is 14.2 Å². The lowest BCUT2D eigenvalue weighted by atomic mass is 10.1. The summed E-state index contributed by atoms with van der Waals surface area (Å²) in [6.45, 7) is 2.30. The maximum atomic E-state index is 5.89. The Morgan fingerprint density at radius 1 is 0.724 bits per heavy atom. The average Bonchev–Trinajstić information content (AvgIpc) is 2.76. The van der Waals surface area contributed by atoms with Crippen molar-refractivity contribution in [3.05, 3.63) is 78.4 Å². The molecule has 0 saturated carbocycles. The Hall–Kier alpha value is -2.69. The number of ether oxygens (including phenoxy) is 3. The fraction of sp³-hybridized carbons (Fsp3) is 0.250. The van der Waals surface area contributed by atoms with E-state index in [0.29, 0.717) is 6.61 Å². The van der Waals surface area contributed by atoms with Gasteiger partial charge in [0.25, 0.3) is 0 Å². The first-order valence-corrected chi connectivity index (χ1v) is 9.50. The second-order valence-corrected chi connectivity index (χ2v) is 6.43. The molecule has 0 aliphatic heterocycles. The molecule has 3 aromatic rings. The molecule has 1 N–H and O–H groups in total. The van der Waals surface area contributed by atoms with Gasteiger partial charge in [-0.2, -0.15) is 0 Å². The van der Waals surface area contributed by atoms with E-state index < -0.39 is 0 Å². The van der Waals surface area contributed by atoms with Gasteiger partial charge in [-0.3, -0.25) is 0 Å². The normalized spacial score (nSPS) is 10.1. The highest BCUT2D eigenvalue weighted by molar-refractivity contribution is 5.85. The predicted molar refractivity (Wildman–Crippen MR) is 121 cm³/mol. The first kappa shape index (κ1) is 22.6. The number of benzene rings is 3. The number of hydrogen-bond donors (Lipinski definition) is 1. The van der Waals surface area contributed by atoms with E-state index >= 15 is 0 Å². The van der Waals surface area contributed by atoms with Crippen LogP contribution in [0, 0.1) is 0 Å². The quantitative estimate of drug-likeness (QED) is 0.474. The molecule has 0 aliphatic carbocycles. The molecular weight excluding hydrogens is 386 g/mol. The topological polar surface area (TPSA) is 39.7 Å². The largest absolute Gasteiger partial charge is 0.493 e. The van der Waals surface area contributed by atoms with Crippen LogP contribution >= 0.6 is 12.4 Å². The van der Waals surface area contributed by atoms with Crippen LogP contribution in [0.15, 0.2) is 72.8 Å². The average molecular weight is 414 g/mol. The van der Waals surface area contributed by atoms with Crippen molar-refractivity contribution < 1.29 is 14.2 Å². The summed E-state index contributed by atoms with van der Waals surface area (Å²) >= 11 is 0. The predicted octanol–water partition coefficient (Wildman–Crippen LogP) is 5.00. The van der Waals surface area contributed by atoms with Gasteiger partial charge in [0.15, 0.2) is 11.5 Å². The van der Waals surface area contributed by atoms with Gasteiger partial charge in [-0.25, -0.2) is 0 Å². The summed E-state index contributed by atoms with van der Waals surface area (Å²) < 4.78 is 16.5. The van der Waals surface area contributed by atoms with Crippen molar-refractivity contribution in [3.63, 3.8) is 0 Å². The van der Waals surface area contributed by atoms with Crippen LogP contribution in [0.25, 0.3) is 11.1 Å². The zero-order valence-corrected chi connectivity index (χ0v) is 17.7. The molecule has 0 atom stereocenters. The van der Waals surface area contributed by atoms with Gasteiger partial charge in [-0.05, 0) is 53.9 Å². The molecule has 154 valence electrons. The maximum Gasteiger partial charge on any atom is 0.160 e. The number of nitrogens with one attached hydrogen (secondary N) is 1. The second kappa shape index (κ2) is 12.0. The lowest BCUT2D eigenvalue weighted by Crippen LogP contribution is -2.23. The van der Waals surface area contributed by atoms with E-state index in [0.717, 1.165) is 36.8 Å².